The summed E-state index contributed by atoms with van der Waals surface area (Å²) in [7, 11) is 0. The first kappa shape index (κ1) is 13.7. The maximum Gasteiger partial charge on any atom is 0.0948 e. The number of hydrogen-bond donors (Lipinski definition) is 2. The SMILES string of the molecule is NCC(Nc1ccc(Cl)c2cccnc12)C1CCCC1. The summed E-state index contributed by atoms with van der Waals surface area (Å²) in [6.07, 6.45) is 6.99. The lowest BCUT2D eigenvalue weighted by molar-refractivity contribution is 0.462. The Labute approximate surface area is 124 Å². The first-order valence-electron chi connectivity index (χ1n) is 7.29. The highest BCUT2D eigenvalue weighted by molar-refractivity contribution is 6.35. The van der Waals surface area contributed by atoms with Gasteiger partial charge in [0.15, 0.2) is 0 Å². The molecule has 3 rings (SSSR count). The van der Waals surface area contributed by atoms with Crippen LogP contribution >= 0.6 is 11.6 Å². The number of aromatic nitrogens is 1. The van der Waals surface area contributed by atoms with Crippen molar-refractivity contribution in [1.29, 1.82) is 0 Å². The standard InChI is InChI=1S/C16H20ClN3/c17-13-7-8-14(16-12(13)6-3-9-19-16)20-15(10-18)11-4-1-2-5-11/h3,6-9,11,15,20H,1-2,4-5,10,18H2. The zero-order chi connectivity index (χ0) is 13.9. The van der Waals surface area contributed by atoms with E-state index in [1.807, 2.05) is 24.3 Å². The van der Waals surface area contributed by atoms with Gasteiger partial charge in [0.1, 0.15) is 0 Å². The number of nitrogens with zero attached hydrogens (tertiary/aromatic N) is 1. The van der Waals surface area contributed by atoms with E-state index in [-0.39, 0.29) is 0 Å². The van der Waals surface area contributed by atoms with E-state index in [2.05, 4.69) is 10.3 Å². The maximum atomic E-state index is 6.23. The number of nitrogens with two attached hydrogens (primary N) is 1. The van der Waals surface area contributed by atoms with Gasteiger partial charge in [-0.3, -0.25) is 4.98 Å². The largest absolute Gasteiger partial charge is 0.379 e. The molecule has 0 spiro atoms. The normalized spacial score (nSPS) is 17.5. The molecule has 1 atom stereocenters. The van der Waals surface area contributed by atoms with Gasteiger partial charge in [0, 0.05) is 24.2 Å². The molecule has 1 aliphatic carbocycles. The Kier molecular flexibility index (Phi) is 4.08. The van der Waals surface area contributed by atoms with E-state index in [9.17, 15) is 0 Å². The second-order valence-electron chi connectivity index (χ2n) is 5.53. The highest BCUT2D eigenvalue weighted by Crippen LogP contribution is 2.32. The summed E-state index contributed by atoms with van der Waals surface area (Å²) in [4.78, 5) is 4.47. The zero-order valence-corrected chi connectivity index (χ0v) is 12.2. The van der Waals surface area contributed by atoms with Gasteiger partial charge in [-0.15, -0.1) is 0 Å². The van der Waals surface area contributed by atoms with Crippen molar-refractivity contribution in [2.45, 2.75) is 31.7 Å². The summed E-state index contributed by atoms with van der Waals surface area (Å²) in [5, 5.41) is 5.32. The third kappa shape index (κ3) is 2.60. The van der Waals surface area contributed by atoms with Gasteiger partial charge < -0.3 is 11.1 Å². The molecule has 1 saturated carbocycles. The number of nitrogens with one attached hydrogen (secondary N) is 1. The van der Waals surface area contributed by atoms with E-state index in [0.717, 1.165) is 21.6 Å². The van der Waals surface area contributed by atoms with Gasteiger partial charge in [-0.2, -0.15) is 0 Å². The molecule has 4 heteroatoms. The molecule has 1 aliphatic rings. The molecule has 0 saturated heterocycles. The van der Waals surface area contributed by atoms with E-state index in [1.54, 1.807) is 6.20 Å². The lowest BCUT2D eigenvalue weighted by Crippen LogP contribution is -2.35. The van der Waals surface area contributed by atoms with E-state index >= 15 is 0 Å². The van der Waals surface area contributed by atoms with Gasteiger partial charge in [-0.1, -0.05) is 24.4 Å². The van der Waals surface area contributed by atoms with Crippen LogP contribution in [0.4, 0.5) is 5.69 Å². The van der Waals surface area contributed by atoms with Crippen molar-refractivity contribution in [2.75, 3.05) is 11.9 Å². The fourth-order valence-corrected chi connectivity index (χ4v) is 3.40. The first-order valence-corrected chi connectivity index (χ1v) is 7.67. The molecule has 0 bridgehead atoms. The van der Waals surface area contributed by atoms with E-state index in [1.165, 1.54) is 25.7 Å². The summed E-state index contributed by atoms with van der Waals surface area (Å²) in [5.41, 5.74) is 7.93. The molecule has 1 fully saturated rings. The monoisotopic (exact) mass is 289 g/mol. The third-order valence-electron chi connectivity index (χ3n) is 4.28. The van der Waals surface area contributed by atoms with Gasteiger partial charge in [0.05, 0.1) is 16.2 Å². The molecule has 0 aliphatic heterocycles. The van der Waals surface area contributed by atoms with Crippen molar-refractivity contribution in [3.05, 3.63) is 35.5 Å². The predicted octanol–water partition coefficient (Wildman–Crippen LogP) is 3.82. The van der Waals surface area contributed by atoms with Crippen LogP contribution in [0.2, 0.25) is 5.02 Å². The van der Waals surface area contributed by atoms with Crippen LogP contribution in [-0.2, 0) is 0 Å². The smallest absolute Gasteiger partial charge is 0.0948 e. The number of halogens is 1. The van der Waals surface area contributed by atoms with E-state index < -0.39 is 0 Å². The molecule has 2 aromatic rings. The van der Waals surface area contributed by atoms with Crippen LogP contribution in [0, 0.1) is 5.92 Å². The minimum absolute atomic E-state index is 0.323. The molecule has 20 heavy (non-hydrogen) atoms. The van der Waals surface area contributed by atoms with Crippen LogP contribution < -0.4 is 11.1 Å². The van der Waals surface area contributed by atoms with Crippen LogP contribution in [0.3, 0.4) is 0 Å². The molecular weight excluding hydrogens is 270 g/mol. The van der Waals surface area contributed by atoms with Crippen molar-refractivity contribution in [2.24, 2.45) is 11.7 Å². The van der Waals surface area contributed by atoms with Crippen LogP contribution in [-0.4, -0.2) is 17.6 Å². The van der Waals surface area contributed by atoms with Crippen LogP contribution in [0.15, 0.2) is 30.5 Å². The van der Waals surface area contributed by atoms with Gasteiger partial charge in [0.25, 0.3) is 0 Å². The van der Waals surface area contributed by atoms with Crippen LogP contribution in [0.5, 0.6) is 0 Å². The summed E-state index contributed by atoms with van der Waals surface area (Å²) < 4.78 is 0. The lowest BCUT2D eigenvalue weighted by Gasteiger charge is -2.25. The molecule has 1 heterocycles. The zero-order valence-electron chi connectivity index (χ0n) is 11.5. The highest BCUT2D eigenvalue weighted by atomic mass is 35.5. The summed E-state index contributed by atoms with van der Waals surface area (Å²) in [5.74, 6) is 0.675. The molecule has 1 aromatic heterocycles. The third-order valence-corrected chi connectivity index (χ3v) is 4.61. The minimum Gasteiger partial charge on any atom is -0.379 e. The molecule has 1 aromatic carbocycles. The molecule has 3 nitrogen and oxygen atoms in total. The fourth-order valence-electron chi connectivity index (χ4n) is 3.18. The summed E-state index contributed by atoms with van der Waals surface area (Å²) in [6.45, 7) is 0.654. The van der Waals surface area contributed by atoms with Crippen molar-refractivity contribution < 1.29 is 0 Å². The molecule has 0 radical (unpaired) electrons. The predicted molar refractivity (Wildman–Crippen MR) is 85.2 cm³/mol. The van der Waals surface area contributed by atoms with Crippen LogP contribution in [0.25, 0.3) is 10.9 Å². The highest BCUT2D eigenvalue weighted by Gasteiger charge is 2.24. The first-order chi connectivity index (χ1) is 9.79. The molecule has 0 amide bonds. The minimum atomic E-state index is 0.323. The van der Waals surface area contributed by atoms with E-state index in [4.69, 9.17) is 17.3 Å². The van der Waals surface area contributed by atoms with Crippen molar-refractivity contribution in [3.8, 4) is 0 Å². The average Bonchev–Trinajstić information content (AvgIpc) is 3.01. The lowest BCUT2D eigenvalue weighted by atomic mass is 9.97. The van der Waals surface area contributed by atoms with Crippen molar-refractivity contribution >= 4 is 28.2 Å². The summed E-state index contributed by atoms with van der Waals surface area (Å²) >= 11 is 6.23. The Morgan fingerprint density at radius 1 is 1.30 bits per heavy atom. The van der Waals surface area contributed by atoms with Crippen LogP contribution in [0.1, 0.15) is 25.7 Å². The van der Waals surface area contributed by atoms with Crippen molar-refractivity contribution in [3.63, 3.8) is 0 Å². The second-order valence-corrected chi connectivity index (χ2v) is 5.93. The van der Waals surface area contributed by atoms with E-state index in [0.29, 0.717) is 18.5 Å². The number of rotatable bonds is 4. The number of benzene rings is 1. The summed E-state index contributed by atoms with van der Waals surface area (Å²) in [6, 6.07) is 8.17. The topological polar surface area (TPSA) is 50.9 Å². The second kappa shape index (κ2) is 5.98. The van der Waals surface area contributed by atoms with Gasteiger partial charge in [-0.05, 0) is 43.0 Å². The Bertz CT molecular complexity index is 593. The van der Waals surface area contributed by atoms with Gasteiger partial charge >= 0.3 is 0 Å². The molecular formula is C16H20ClN3. The Hall–Kier alpha value is -1.32. The Morgan fingerprint density at radius 2 is 2.10 bits per heavy atom. The quantitative estimate of drug-likeness (QED) is 0.900. The number of anilines is 1. The van der Waals surface area contributed by atoms with Gasteiger partial charge in [0.2, 0.25) is 0 Å². The van der Waals surface area contributed by atoms with Crippen molar-refractivity contribution in [1.82, 2.24) is 4.98 Å². The Balaban J connectivity index is 1.91. The number of hydrogen-bond acceptors (Lipinski definition) is 3. The number of fused-ring (bicyclic) bond motifs is 1. The fraction of sp³-hybridized carbons (Fsp3) is 0.438. The van der Waals surface area contributed by atoms with Gasteiger partial charge in [-0.25, -0.2) is 0 Å². The maximum absolute atomic E-state index is 6.23. The molecule has 1 unspecified atom stereocenters. The molecule has 106 valence electrons. The number of pyridine rings is 1. The molecule has 3 N–H and O–H groups in total. The Morgan fingerprint density at radius 3 is 2.85 bits per heavy atom. The average molecular weight is 290 g/mol.